The van der Waals surface area contributed by atoms with E-state index in [0.717, 1.165) is 52.5 Å². The van der Waals surface area contributed by atoms with E-state index in [2.05, 4.69) is 22.0 Å². The van der Waals surface area contributed by atoms with Crippen molar-refractivity contribution < 1.29 is 19.2 Å². The molecule has 0 radical (unpaired) electrons. The van der Waals surface area contributed by atoms with Crippen LogP contribution in [0.3, 0.4) is 0 Å². The van der Waals surface area contributed by atoms with Gasteiger partial charge in [0.25, 0.3) is 11.8 Å². The van der Waals surface area contributed by atoms with Crippen LogP contribution in [0.5, 0.6) is 0 Å². The van der Waals surface area contributed by atoms with Gasteiger partial charge in [-0.2, -0.15) is 5.01 Å². The molecule has 2 aromatic rings. The van der Waals surface area contributed by atoms with Crippen LogP contribution in [0.15, 0.2) is 36.4 Å². The predicted octanol–water partition coefficient (Wildman–Crippen LogP) is 2.42. The molecule has 10 heteroatoms. The molecule has 5 amide bonds. The fraction of sp³-hybridized carbons (Fsp3) is 0.333. The smallest absolute Gasteiger partial charge is 0.343 e. The number of nitrogens with zero attached hydrogens (tertiary/aromatic N) is 4. The molecule has 0 aliphatic carbocycles. The summed E-state index contributed by atoms with van der Waals surface area (Å²) in [5, 5.41) is 4.71. The highest BCUT2D eigenvalue weighted by atomic mass is 35.5. The van der Waals surface area contributed by atoms with E-state index >= 15 is 0 Å². The van der Waals surface area contributed by atoms with E-state index in [4.69, 9.17) is 11.6 Å². The third-order valence-corrected chi connectivity index (χ3v) is 6.73. The molecule has 9 nitrogen and oxygen atoms in total. The van der Waals surface area contributed by atoms with Crippen LogP contribution in [0.4, 0.5) is 10.5 Å². The van der Waals surface area contributed by atoms with Crippen molar-refractivity contribution in [2.45, 2.75) is 19.9 Å². The summed E-state index contributed by atoms with van der Waals surface area (Å²) < 4.78 is 0. The molecule has 0 aromatic heterocycles. The van der Waals surface area contributed by atoms with E-state index in [1.54, 1.807) is 12.1 Å². The largest absolute Gasteiger partial charge is 0.369 e. The summed E-state index contributed by atoms with van der Waals surface area (Å²) in [6.45, 7) is 6.14. The van der Waals surface area contributed by atoms with Gasteiger partial charge in [-0.25, -0.2) is 9.80 Å². The average molecular weight is 482 g/mol. The quantitative estimate of drug-likeness (QED) is 0.674. The molecule has 0 unspecified atom stereocenters. The van der Waals surface area contributed by atoms with Gasteiger partial charge in [-0.3, -0.25) is 24.6 Å². The van der Waals surface area contributed by atoms with Crippen molar-refractivity contribution in [1.82, 2.24) is 20.2 Å². The molecule has 0 saturated carbocycles. The Labute approximate surface area is 201 Å². The number of hydrogen-bond acceptors (Lipinski definition) is 6. The molecule has 3 aliphatic rings. The zero-order chi connectivity index (χ0) is 24.0. The normalized spacial score (nSPS) is 19.1. The Hall–Kier alpha value is -3.43. The zero-order valence-electron chi connectivity index (χ0n) is 18.7. The Morgan fingerprint density at radius 3 is 2.35 bits per heavy atom. The molecule has 3 aliphatic heterocycles. The SMILES string of the molecule is Cc1ccc(Cl)cc1N1CCN(Cc2ccc3c(c2)C(=O)N(N2CCC(=O)NC2=O)C3=O)CC1. The summed E-state index contributed by atoms with van der Waals surface area (Å²) in [5.41, 5.74) is 3.81. The third-order valence-electron chi connectivity index (χ3n) is 6.49. The summed E-state index contributed by atoms with van der Waals surface area (Å²) in [4.78, 5) is 54.1. The number of carbonyl (C=O) groups excluding carboxylic acids is 4. The number of carbonyl (C=O) groups is 4. The molecule has 3 heterocycles. The number of benzene rings is 2. The van der Waals surface area contributed by atoms with Gasteiger partial charge in [0.15, 0.2) is 0 Å². The minimum atomic E-state index is -0.765. The number of hydrogen-bond donors (Lipinski definition) is 1. The van der Waals surface area contributed by atoms with E-state index in [0.29, 0.717) is 6.54 Å². The molecule has 176 valence electrons. The lowest BCUT2D eigenvalue weighted by atomic mass is 10.0. The molecule has 0 atom stereocenters. The van der Waals surface area contributed by atoms with Gasteiger partial charge in [-0.1, -0.05) is 23.7 Å². The van der Waals surface area contributed by atoms with Crippen molar-refractivity contribution >= 4 is 41.0 Å². The lowest BCUT2D eigenvalue weighted by molar-refractivity contribution is -0.122. The maximum absolute atomic E-state index is 13.0. The van der Waals surface area contributed by atoms with Gasteiger partial charge in [-0.15, -0.1) is 0 Å². The molecular weight excluding hydrogens is 458 g/mol. The standard InChI is InChI=1S/C24H24ClN5O4/c1-15-2-4-17(25)13-20(15)28-10-8-27(9-11-28)14-16-3-5-18-19(12-16)23(33)30(22(18)32)29-7-6-21(31)26-24(29)34/h2-5,12-13H,6-11,14H2,1H3,(H,26,31,34). The van der Waals surface area contributed by atoms with Crippen molar-refractivity contribution in [3.63, 3.8) is 0 Å². The van der Waals surface area contributed by atoms with E-state index in [9.17, 15) is 19.2 Å². The van der Waals surface area contributed by atoms with Crippen molar-refractivity contribution in [2.24, 2.45) is 0 Å². The van der Waals surface area contributed by atoms with Crippen LogP contribution >= 0.6 is 11.6 Å². The molecule has 2 saturated heterocycles. The summed E-state index contributed by atoms with van der Waals surface area (Å²) in [6.07, 6.45) is 0.0328. The van der Waals surface area contributed by atoms with Gasteiger partial charge in [0, 0.05) is 49.9 Å². The maximum atomic E-state index is 13.0. The number of halogens is 1. The molecule has 2 aromatic carbocycles. The number of imide groups is 2. The molecule has 0 spiro atoms. The number of urea groups is 1. The number of aryl methyl sites for hydroxylation is 1. The Bertz CT molecular complexity index is 1210. The molecule has 34 heavy (non-hydrogen) atoms. The fourth-order valence-corrected chi connectivity index (χ4v) is 4.83. The number of rotatable bonds is 4. The first-order valence-electron chi connectivity index (χ1n) is 11.2. The summed E-state index contributed by atoms with van der Waals surface area (Å²) in [5.74, 6) is -1.53. The van der Waals surface area contributed by atoms with E-state index in [-0.39, 0.29) is 24.1 Å². The minimum absolute atomic E-state index is 0.0145. The van der Waals surface area contributed by atoms with Crippen molar-refractivity contribution in [2.75, 3.05) is 37.6 Å². The van der Waals surface area contributed by atoms with Gasteiger partial charge in [0.2, 0.25) is 5.91 Å². The number of piperazine rings is 1. The highest BCUT2D eigenvalue weighted by molar-refractivity contribution is 6.30. The van der Waals surface area contributed by atoms with Crippen LogP contribution in [0.2, 0.25) is 5.02 Å². The summed E-state index contributed by atoms with van der Waals surface area (Å²) in [6, 6.07) is 10.4. The van der Waals surface area contributed by atoms with Crippen LogP contribution in [-0.2, 0) is 11.3 Å². The van der Waals surface area contributed by atoms with Crippen molar-refractivity contribution in [3.8, 4) is 0 Å². The van der Waals surface area contributed by atoms with E-state index < -0.39 is 23.8 Å². The Morgan fingerprint density at radius 1 is 0.882 bits per heavy atom. The molecule has 1 N–H and O–H groups in total. The van der Waals surface area contributed by atoms with Crippen LogP contribution in [0.25, 0.3) is 0 Å². The summed E-state index contributed by atoms with van der Waals surface area (Å²) >= 11 is 6.18. The lowest BCUT2D eigenvalue weighted by Gasteiger charge is -2.37. The van der Waals surface area contributed by atoms with Crippen LogP contribution in [0, 0.1) is 6.92 Å². The number of amides is 5. The molecule has 5 rings (SSSR count). The second-order valence-electron chi connectivity index (χ2n) is 8.72. The molecular formula is C24H24ClN5O4. The van der Waals surface area contributed by atoms with Gasteiger partial charge in [0.1, 0.15) is 0 Å². The van der Waals surface area contributed by atoms with Gasteiger partial charge < -0.3 is 4.90 Å². The fourth-order valence-electron chi connectivity index (χ4n) is 4.67. The third kappa shape index (κ3) is 4.01. The van der Waals surface area contributed by atoms with Crippen LogP contribution in [0.1, 0.15) is 38.3 Å². The number of nitrogens with one attached hydrogen (secondary N) is 1. The highest BCUT2D eigenvalue weighted by Crippen LogP contribution is 2.28. The predicted molar refractivity (Wildman–Crippen MR) is 125 cm³/mol. The number of anilines is 1. The van der Waals surface area contributed by atoms with Crippen LogP contribution < -0.4 is 10.2 Å². The van der Waals surface area contributed by atoms with Crippen LogP contribution in [-0.4, -0.2) is 71.4 Å². The van der Waals surface area contributed by atoms with E-state index in [1.165, 1.54) is 5.56 Å². The first kappa shape index (κ1) is 22.4. The minimum Gasteiger partial charge on any atom is -0.369 e. The summed E-state index contributed by atoms with van der Waals surface area (Å²) in [7, 11) is 0. The topological polar surface area (TPSA) is 93.3 Å². The van der Waals surface area contributed by atoms with Gasteiger partial charge in [-0.05, 0) is 42.3 Å². The second-order valence-corrected chi connectivity index (χ2v) is 9.16. The first-order chi connectivity index (χ1) is 16.3. The monoisotopic (exact) mass is 481 g/mol. The molecule has 0 bridgehead atoms. The van der Waals surface area contributed by atoms with Crippen molar-refractivity contribution in [1.29, 1.82) is 0 Å². The number of fused-ring (bicyclic) bond motifs is 1. The maximum Gasteiger partial charge on any atom is 0.343 e. The first-order valence-corrected chi connectivity index (χ1v) is 11.6. The Kier molecular flexibility index (Phi) is 5.75. The number of hydrazine groups is 1. The van der Waals surface area contributed by atoms with Crippen molar-refractivity contribution in [3.05, 3.63) is 63.7 Å². The zero-order valence-corrected chi connectivity index (χ0v) is 19.5. The van der Waals surface area contributed by atoms with Gasteiger partial charge >= 0.3 is 6.03 Å². The van der Waals surface area contributed by atoms with Gasteiger partial charge in [0.05, 0.1) is 17.7 Å². The molecule has 2 fully saturated rings. The lowest BCUT2D eigenvalue weighted by Crippen LogP contribution is -2.58. The Balaban J connectivity index is 1.26. The second kappa shape index (κ2) is 8.73. The van der Waals surface area contributed by atoms with E-state index in [1.807, 2.05) is 24.3 Å². The average Bonchev–Trinajstić information content (AvgIpc) is 3.06. The highest BCUT2D eigenvalue weighted by Gasteiger charge is 2.43. The Morgan fingerprint density at radius 2 is 1.62 bits per heavy atom.